The molecule has 2 aliphatic heterocycles. The second-order valence-electron chi connectivity index (χ2n) is 10.0. The minimum atomic E-state index is -3.38. The lowest BCUT2D eigenvalue weighted by molar-refractivity contribution is -0.114. The molecule has 1 N–H and O–H groups in total. The number of aryl methyl sites for hydroxylation is 2. The van der Waals surface area contributed by atoms with Crippen LogP contribution in [0.2, 0.25) is 0 Å². The quantitative estimate of drug-likeness (QED) is 0.575. The zero-order valence-corrected chi connectivity index (χ0v) is 22.4. The van der Waals surface area contributed by atoms with E-state index in [1.54, 1.807) is 10.9 Å². The van der Waals surface area contributed by atoms with Crippen molar-refractivity contribution in [3.8, 4) is 0 Å². The third-order valence-electron chi connectivity index (χ3n) is 7.76. The van der Waals surface area contributed by atoms with Crippen molar-refractivity contribution in [3.05, 3.63) is 38.4 Å². The molecule has 0 aromatic carbocycles. The van der Waals surface area contributed by atoms with Crippen molar-refractivity contribution in [1.82, 2.24) is 9.62 Å². The van der Waals surface area contributed by atoms with Crippen LogP contribution in [0.3, 0.4) is 0 Å². The maximum absolute atomic E-state index is 12.7. The van der Waals surface area contributed by atoms with Gasteiger partial charge in [0.15, 0.2) is 0 Å². The van der Waals surface area contributed by atoms with Crippen LogP contribution in [0.4, 0.5) is 0 Å². The van der Waals surface area contributed by atoms with E-state index in [0.717, 1.165) is 69.5 Å². The zero-order valence-electron chi connectivity index (χ0n) is 19.9. The smallest absolute Gasteiger partial charge is 0.250 e. The monoisotopic (exact) mass is 508 g/mol. The van der Waals surface area contributed by atoms with Gasteiger partial charge in [-0.2, -0.15) is 0 Å². The molecule has 1 spiro atoms. The number of rotatable bonds is 7. The summed E-state index contributed by atoms with van der Waals surface area (Å²) in [6, 6.07) is 6.63. The Bertz CT molecular complexity index is 1090. The fourth-order valence-electron chi connectivity index (χ4n) is 5.83. The van der Waals surface area contributed by atoms with Gasteiger partial charge in [-0.05, 0) is 75.1 Å². The third-order valence-corrected chi connectivity index (χ3v) is 12.3. The standard InChI is InChI=1S/C25H36N2O3S3/c1-4-20-6-7-24(32-20)33(28,29)26-19-12-18(13-19)16-27-10-9-25(15-17(27)3)22-14-21(5-2)31-23(22)8-11-30-25/h6-7,14,17-19,26H,4-5,8-13,15-16H2,1-3H3/t17-,18-,19+,25+/m0/s1. The second kappa shape index (κ2) is 9.36. The highest BCUT2D eigenvalue weighted by atomic mass is 32.2. The van der Waals surface area contributed by atoms with Crippen molar-refractivity contribution in [2.45, 2.75) is 87.6 Å². The largest absolute Gasteiger partial charge is 0.370 e. The predicted octanol–water partition coefficient (Wildman–Crippen LogP) is 4.94. The van der Waals surface area contributed by atoms with E-state index < -0.39 is 10.0 Å². The van der Waals surface area contributed by atoms with Gasteiger partial charge in [0.25, 0.3) is 0 Å². The first-order valence-electron chi connectivity index (χ1n) is 12.4. The summed E-state index contributed by atoms with van der Waals surface area (Å²) in [5, 5.41) is 0. The maximum Gasteiger partial charge on any atom is 0.250 e. The lowest BCUT2D eigenvalue weighted by atomic mass is 9.77. The summed E-state index contributed by atoms with van der Waals surface area (Å²) >= 11 is 3.37. The number of nitrogens with one attached hydrogen (secondary N) is 1. The first-order valence-corrected chi connectivity index (χ1v) is 15.5. The molecule has 5 rings (SSSR count). The predicted molar refractivity (Wildman–Crippen MR) is 136 cm³/mol. The molecule has 2 atom stereocenters. The topological polar surface area (TPSA) is 58.6 Å². The van der Waals surface area contributed by atoms with Gasteiger partial charge in [0.2, 0.25) is 10.0 Å². The van der Waals surface area contributed by atoms with Crippen LogP contribution < -0.4 is 4.72 Å². The molecule has 1 saturated heterocycles. The van der Waals surface area contributed by atoms with Gasteiger partial charge in [-0.3, -0.25) is 0 Å². The molecule has 8 heteroatoms. The Hall–Kier alpha value is -0.770. The highest BCUT2D eigenvalue weighted by molar-refractivity contribution is 7.91. The van der Waals surface area contributed by atoms with Crippen LogP contribution in [0.5, 0.6) is 0 Å². The number of ether oxygens (including phenoxy) is 1. The summed E-state index contributed by atoms with van der Waals surface area (Å²) in [5.41, 5.74) is 1.38. The number of thiophene rings is 2. The molecule has 0 unspecified atom stereocenters. The molecule has 2 fully saturated rings. The first kappa shape index (κ1) is 23.9. The Morgan fingerprint density at radius 3 is 2.67 bits per heavy atom. The summed E-state index contributed by atoms with van der Waals surface area (Å²) in [6.45, 7) is 9.60. The van der Waals surface area contributed by atoms with E-state index in [1.165, 1.54) is 21.8 Å². The third kappa shape index (κ3) is 4.71. The minimum absolute atomic E-state index is 0.0705. The lowest BCUT2D eigenvalue weighted by Gasteiger charge is -2.49. The van der Waals surface area contributed by atoms with Gasteiger partial charge >= 0.3 is 0 Å². The fraction of sp³-hybridized carbons (Fsp3) is 0.680. The summed E-state index contributed by atoms with van der Waals surface area (Å²) in [4.78, 5) is 6.75. The SMILES string of the molecule is CCc1ccc(S(=O)(=O)N[C@H]2C[C@@H](CN3CC[C@]4(C[C@@H]3C)OCCc3sc(CC)cc34)C2)s1. The molecule has 4 heterocycles. The van der Waals surface area contributed by atoms with Crippen molar-refractivity contribution in [2.24, 2.45) is 5.92 Å². The van der Waals surface area contributed by atoms with Crippen LogP contribution in [0.15, 0.2) is 22.4 Å². The molecule has 1 aliphatic carbocycles. The lowest BCUT2D eigenvalue weighted by Crippen LogP contribution is -2.54. The highest BCUT2D eigenvalue weighted by Crippen LogP contribution is 2.46. The second-order valence-corrected chi connectivity index (χ2v) is 14.4. The van der Waals surface area contributed by atoms with E-state index in [4.69, 9.17) is 4.74 Å². The average Bonchev–Trinajstić information content (AvgIpc) is 3.42. The molecule has 1 saturated carbocycles. The minimum Gasteiger partial charge on any atom is -0.370 e. The molecule has 33 heavy (non-hydrogen) atoms. The van der Waals surface area contributed by atoms with Crippen LogP contribution >= 0.6 is 22.7 Å². The molecular formula is C25H36N2O3S3. The average molecular weight is 509 g/mol. The van der Waals surface area contributed by atoms with Crippen molar-refractivity contribution in [1.29, 1.82) is 0 Å². The van der Waals surface area contributed by atoms with E-state index in [9.17, 15) is 8.42 Å². The van der Waals surface area contributed by atoms with Crippen LogP contribution in [0.25, 0.3) is 0 Å². The maximum atomic E-state index is 12.7. The van der Waals surface area contributed by atoms with E-state index in [1.807, 2.05) is 17.4 Å². The number of nitrogens with zero attached hydrogens (tertiary/aromatic N) is 1. The number of sulfonamides is 1. The van der Waals surface area contributed by atoms with Gasteiger partial charge in [0.1, 0.15) is 4.21 Å². The molecular weight excluding hydrogens is 472 g/mol. The molecule has 2 aromatic rings. The van der Waals surface area contributed by atoms with Crippen molar-refractivity contribution in [3.63, 3.8) is 0 Å². The van der Waals surface area contributed by atoms with Crippen molar-refractivity contribution < 1.29 is 13.2 Å². The Labute approximate surface area is 206 Å². The van der Waals surface area contributed by atoms with Crippen LogP contribution in [0, 0.1) is 5.92 Å². The fourth-order valence-corrected chi connectivity index (χ4v) is 9.58. The molecule has 0 radical (unpaired) electrons. The van der Waals surface area contributed by atoms with E-state index >= 15 is 0 Å². The van der Waals surface area contributed by atoms with Crippen LogP contribution in [0.1, 0.15) is 66.6 Å². The summed E-state index contributed by atoms with van der Waals surface area (Å²) in [6.07, 6.45) is 7.03. The van der Waals surface area contributed by atoms with Crippen LogP contribution in [-0.2, 0) is 39.6 Å². The number of hydrogen-bond acceptors (Lipinski definition) is 6. The highest BCUT2D eigenvalue weighted by Gasteiger charge is 2.45. The van der Waals surface area contributed by atoms with Gasteiger partial charge < -0.3 is 9.64 Å². The van der Waals surface area contributed by atoms with Gasteiger partial charge in [0.05, 0.1) is 12.2 Å². The summed E-state index contributed by atoms with van der Waals surface area (Å²) < 4.78 is 35.2. The number of fused-ring (bicyclic) bond motifs is 2. The molecule has 0 amide bonds. The Morgan fingerprint density at radius 1 is 1.18 bits per heavy atom. The first-order chi connectivity index (χ1) is 15.8. The molecule has 5 nitrogen and oxygen atoms in total. The number of piperidine rings is 1. The Kier molecular flexibility index (Phi) is 6.79. The van der Waals surface area contributed by atoms with E-state index in [-0.39, 0.29) is 11.6 Å². The summed E-state index contributed by atoms with van der Waals surface area (Å²) in [5.74, 6) is 0.569. The number of hydrogen-bond donors (Lipinski definition) is 1. The molecule has 2 aromatic heterocycles. The molecule has 3 aliphatic rings. The van der Waals surface area contributed by atoms with Crippen molar-refractivity contribution in [2.75, 3.05) is 19.7 Å². The Balaban J connectivity index is 1.15. The normalized spacial score (nSPS) is 30.3. The molecule has 0 bridgehead atoms. The van der Waals surface area contributed by atoms with E-state index in [0.29, 0.717) is 16.2 Å². The van der Waals surface area contributed by atoms with Crippen LogP contribution in [-0.4, -0.2) is 45.1 Å². The van der Waals surface area contributed by atoms with Crippen molar-refractivity contribution >= 4 is 32.7 Å². The van der Waals surface area contributed by atoms with E-state index in [2.05, 4.69) is 36.5 Å². The van der Waals surface area contributed by atoms with Gasteiger partial charge in [0, 0.05) is 46.2 Å². The molecule has 182 valence electrons. The zero-order chi connectivity index (χ0) is 23.2. The van der Waals surface area contributed by atoms with Gasteiger partial charge in [-0.1, -0.05) is 13.8 Å². The van der Waals surface area contributed by atoms with Gasteiger partial charge in [-0.15, -0.1) is 22.7 Å². The summed E-state index contributed by atoms with van der Waals surface area (Å²) in [7, 11) is -3.38. The van der Waals surface area contributed by atoms with Gasteiger partial charge in [-0.25, -0.2) is 13.1 Å². The Morgan fingerprint density at radius 2 is 1.97 bits per heavy atom. The number of likely N-dealkylation sites (tertiary alicyclic amines) is 1.